The van der Waals surface area contributed by atoms with E-state index in [1.54, 1.807) is 41.5 Å². The maximum Gasteiger partial charge on any atom is 0.407 e. The van der Waals surface area contributed by atoms with Crippen LogP contribution in [0.3, 0.4) is 0 Å². The average Bonchev–Trinajstić information content (AvgIpc) is 2.55. The lowest BCUT2D eigenvalue weighted by Gasteiger charge is -2.20. The molecule has 0 aromatic rings. The number of carbonyl (C=O) groups excluding carboxylic acids is 1. The van der Waals surface area contributed by atoms with E-state index in [1.165, 1.54) is 0 Å². The van der Waals surface area contributed by atoms with Crippen molar-refractivity contribution in [2.24, 2.45) is 5.11 Å². The van der Waals surface area contributed by atoms with Crippen molar-refractivity contribution in [1.29, 1.82) is 0 Å². The summed E-state index contributed by atoms with van der Waals surface area (Å²) in [6.45, 7) is 10.8. The van der Waals surface area contributed by atoms with Crippen molar-refractivity contribution in [1.82, 2.24) is 5.32 Å². The first kappa shape index (κ1) is 24.6. The van der Waals surface area contributed by atoms with Crippen LogP contribution in [0.5, 0.6) is 0 Å². The first-order chi connectivity index (χ1) is 12.3. The van der Waals surface area contributed by atoms with E-state index in [0.717, 1.165) is 0 Å². The molecular formula is C20H22N4O2. The van der Waals surface area contributed by atoms with E-state index in [-0.39, 0.29) is 12.6 Å². The summed E-state index contributed by atoms with van der Waals surface area (Å²) in [5.41, 5.74) is 7.59. The molecule has 1 atom stereocenters. The van der Waals surface area contributed by atoms with E-state index in [4.69, 9.17) is 10.3 Å². The highest BCUT2D eigenvalue weighted by atomic mass is 16.6. The van der Waals surface area contributed by atoms with E-state index in [9.17, 15) is 4.79 Å². The van der Waals surface area contributed by atoms with Gasteiger partial charge in [-0.2, -0.15) is 0 Å². The summed E-state index contributed by atoms with van der Waals surface area (Å²) in [5, 5.41) is 5.90. The first-order valence-corrected chi connectivity index (χ1v) is 7.61. The number of azide groups is 1. The molecule has 0 fully saturated rings. The molecule has 1 N–H and O–H groups in total. The van der Waals surface area contributed by atoms with Crippen LogP contribution in [0.25, 0.3) is 10.4 Å². The Morgan fingerprint density at radius 1 is 1.04 bits per heavy atom. The third kappa shape index (κ3) is 22.7. The molecular weight excluding hydrogens is 328 g/mol. The predicted octanol–water partition coefficient (Wildman–Crippen LogP) is 3.25. The Morgan fingerprint density at radius 2 is 1.46 bits per heavy atom. The van der Waals surface area contributed by atoms with Gasteiger partial charge in [-0.1, -0.05) is 23.9 Å². The van der Waals surface area contributed by atoms with Crippen LogP contribution in [-0.4, -0.2) is 24.3 Å². The minimum absolute atomic E-state index is 0.271. The summed E-state index contributed by atoms with van der Waals surface area (Å²) in [6.07, 6.45) is -0.502. The molecule has 0 aliphatic heterocycles. The molecule has 0 spiro atoms. The Morgan fingerprint density at radius 3 is 1.81 bits per heavy atom. The molecule has 0 radical (unpaired) electrons. The molecule has 0 aliphatic carbocycles. The van der Waals surface area contributed by atoms with Gasteiger partial charge in [-0.3, -0.25) is 0 Å². The van der Waals surface area contributed by atoms with Crippen LogP contribution < -0.4 is 5.32 Å². The predicted molar refractivity (Wildman–Crippen MR) is 103 cm³/mol. The summed E-state index contributed by atoms with van der Waals surface area (Å²) in [5.74, 6) is 25.6. The van der Waals surface area contributed by atoms with Gasteiger partial charge in [-0.15, -0.1) is 0 Å². The number of rotatable bonds is 3. The largest absolute Gasteiger partial charge is 0.444 e. The normalized spacial score (nSPS) is 8.54. The van der Waals surface area contributed by atoms with E-state index in [2.05, 4.69) is 74.5 Å². The monoisotopic (exact) mass is 350 g/mol. The van der Waals surface area contributed by atoms with E-state index >= 15 is 0 Å². The Bertz CT molecular complexity index is 762. The average molecular weight is 350 g/mol. The second-order valence-corrected chi connectivity index (χ2v) is 5.44. The molecule has 0 aromatic heterocycles. The third-order valence-corrected chi connectivity index (χ3v) is 1.88. The van der Waals surface area contributed by atoms with Crippen LogP contribution in [0.15, 0.2) is 5.11 Å². The maximum atomic E-state index is 11.1. The molecule has 6 heteroatoms. The molecule has 0 heterocycles. The fourth-order valence-electron chi connectivity index (χ4n) is 0.987. The zero-order chi connectivity index (χ0) is 20.3. The van der Waals surface area contributed by atoms with Gasteiger partial charge in [0.15, 0.2) is 0 Å². The number of hydrogen-bond acceptors (Lipinski definition) is 3. The smallest absolute Gasteiger partial charge is 0.407 e. The van der Waals surface area contributed by atoms with Crippen LogP contribution in [0.2, 0.25) is 0 Å². The van der Waals surface area contributed by atoms with Crippen molar-refractivity contribution in [3.05, 3.63) is 10.4 Å². The topological polar surface area (TPSA) is 87.1 Å². The SMILES string of the molecule is CC#CC#CC#CC#CC#CC.CC(CNC(=O)OC(C)(C)C)N=[N+]=[N-]. The van der Waals surface area contributed by atoms with Crippen molar-refractivity contribution in [3.8, 4) is 59.2 Å². The Kier molecular flexibility index (Phi) is 15.4. The summed E-state index contributed by atoms with van der Waals surface area (Å²) < 4.78 is 4.98. The highest BCUT2D eigenvalue weighted by Gasteiger charge is 2.15. The molecule has 1 unspecified atom stereocenters. The number of nitrogens with zero attached hydrogens (tertiary/aromatic N) is 3. The number of amides is 1. The lowest BCUT2D eigenvalue weighted by Crippen LogP contribution is -2.35. The van der Waals surface area contributed by atoms with E-state index in [0.29, 0.717) is 0 Å². The summed E-state index contributed by atoms with van der Waals surface area (Å²) in [4.78, 5) is 13.7. The third-order valence-electron chi connectivity index (χ3n) is 1.88. The second-order valence-electron chi connectivity index (χ2n) is 5.44. The second kappa shape index (κ2) is 16.2. The van der Waals surface area contributed by atoms with Crippen LogP contribution >= 0.6 is 0 Å². The molecule has 26 heavy (non-hydrogen) atoms. The molecule has 6 nitrogen and oxygen atoms in total. The van der Waals surface area contributed by atoms with Gasteiger partial charge in [0, 0.05) is 11.5 Å². The van der Waals surface area contributed by atoms with Gasteiger partial charge < -0.3 is 10.1 Å². The molecule has 0 aliphatic rings. The molecule has 0 saturated heterocycles. The van der Waals surface area contributed by atoms with Crippen molar-refractivity contribution >= 4 is 6.09 Å². The van der Waals surface area contributed by atoms with Crippen LogP contribution in [0, 0.1) is 59.2 Å². The minimum Gasteiger partial charge on any atom is -0.444 e. The van der Waals surface area contributed by atoms with E-state index in [1.807, 2.05) is 0 Å². The van der Waals surface area contributed by atoms with Gasteiger partial charge in [0.25, 0.3) is 0 Å². The molecule has 134 valence electrons. The lowest BCUT2D eigenvalue weighted by molar-refractivity contribution is 0.0525. The zero-order valence-electron chi connectivity index (χ0n) is 15.9. The minimum atomic E-state index is -0.508. The summed E-state index contributed by atoms with van der Waals surface area (Å²) in [6, 6.07) is -0.271. The zero-order valence-corrected chi connectivity index (χ0v) is 15.9. The first-order valence-electron chi connectivity index (χ1n) is 7.61. The van der Waals surface area contributed by atoms with Gasteiger partial charge in [0.05, 0.1) is 6.04 Å². The van der Waals surface area contributed by atoms with Crippen molar-refractivity contribution in [3.63, 3.8) is 0 Å². The van der Waals surface area contributed by atoms with Crippen LogP contribution in [-0.2, 0) is 4.74 Å². The summed E-state index contributed by atoms with van der Waals surface area (Å²) >= 11 is 0. The number of carbonyl (C=O) groups is 1. The van der Waals surface area contributed by atoms with Crippen molar-refractivity contribution in [2.75, 3.05) is 6.54 Å². The summed E-state index contributed by atoms with van der Waals surface area (Å²) in [7, 11) is 0. The number of hydrogen-bond donors (Lipinski definition) is 1. The number of ether oxygens (including phenoxy) is 1. The fourth-order valence-corrected chi connectivity index (χ4v) is 0.987. The quantitative estimate of drug-likeness (QED) is 0.366. The fraction of sp³-hybridized carbons (Fsp3) is 0.450. The van der Waals surface area contributed by atoms with E-state index < -0.39 is 11.7 Å². The number of nitrogens with one attached hydrogen (secondary N) is 1. The molecule has 1 amide bonds. The van der Waals surface area contributed by atoms with Crippen LogP contribution in [0.4, 0.5) is 4.79 Å². The van der Waals surface area contributed by atoms with Crippen LogP contribution in [0.1, 0.15) is 41.5 Å². The van der Waals surface area contributed by atoms with Gasteiger partial charge in [0.2, 0.25) is 0 Å². The highest BCUT2D eigenvalue weighted by molar-refractivity contribution is 5.67. The highest BCUT2D eigenvalue weighted by Crippen LogP contribution is 2.06. The van der Waals surface area contributed by atoms with Crippen molar-refractivity contribution < 1.29 is 9.53 Å². The molecule has 0 bridgehead atoms. The Labute approximate surface area is 156 Å². The van der Waals surface area contributed by atoms with Crippen molar-refractivity contribution in [2.45, 2.75) is 53.2 Å². The number of alkyl carbamates (subject to hydrolysis) is 1. The maximum absolute atomic E-state index is 11.1. The Hall–Kier alpha value is -3.62. The van der Waals surface area contributed by atoms with Gasteiger partial charge in [-0.05, 0) is 87.5 Å². The molecule has 0 rings (SSSR count). The van der Waals surface area contributed by atoms with Gasteiger partial charge in [0.1, 0.15) is 5.60 Å². The van der Waals surface area contributed by atoms with Gasteiger partial charge in [-0.25, -0.2) is 4.79 Å². The standard InChI is InChI=1S/C12H6.C8H16N4O2/c1-3-5-7-9-11-12-10-8-6-4-2;1-6(11-12-9)5-10-7(13)14-8(2,3)4/h1-2H3;6H,5H2,1-4H3,(H,10,13). The molecule has 0 saturated carbocycles. The van der Waals surface area contributed by atoms with Gasteiger partial charge >= 0.3 is 6.09 Å². The lowest BCUT2D eigenvalue weighted by atomic mass is 10.2. The Balaban J connectivity index is 0. The molecule has 0 aromatic carbocycles.